The lowest BCUT2D eigenvalue weighted by Gasteiger charge is -2.15. The molecule has 2 N–H and O–H groups in total. The molecule has 0 unspecified atom stereocenters. The van der Waals surface area contributed by atoms with Crippen LogP contribution in [0.15, 0.2) is 30.3 Å². The van der Waals surface area contributed by atoms with Crippen LogP contribution in [0.2, 0.25) is 0 Å². The van der Waals surface area contributed by atoms with Gasteiger partial charge in [-0.15, -0.1) is 0 Å². The monoisotopic (exact) mass is 348 g/mol. The largest absolute Gasteiger partial charge is 0.493 e. The molecule has 2 rings (SSSR count). The number of ether oxygens (including phenoxy) is 3. The van der Waals surface area contributed by atoms with Crippen LogP contribution >= 0.6 is 0 Å². The number of nitro groups is 1. The van der Waals surface area contributed by atoms with Crippen molar-refractivity contribution in [2.24, 2.45) is 0 Å². The number of anilines is 2. The molecular weight excluding hydrogens is 332 g/mol. The molecule has 132 valence electrons. The summed E-state index contributed by atoms with van der Waals surface area (Å²) in [5.74, 6) is -0.128. The van der Waals surface area contributed by atoms with Gasteiger partial charge < -0.3 is 24.6 Å². The van der Waals surface area contributed by atoms with E-state index in [1.165, 1.54) is 33.5 Å². The Balaban J connectivity index is 2.49. The maximum Gasteiger partial charge on any atom is 0.335 e. The van der Waals surface area contributed by atoms with Crippen LogP contribution in [-0.2, 0) is 0 Å². The SMILES string of the molecule is COc1cc(Nc2ccc(C(=O)O)cc2[N+](=O)[O-])cc(OC)c1OC. The summed E-state index contributed by atoms with van der Waals surface area (Å²) in [6, 6.07) is 6.75. The van der Waals surface area contributed by atoms with Crippen LogP contribution in [0.4, 0.5) is 17.1 Å². The van der Waals surface area contributed by atoms with Crippen LogP contribution in [-0.4, -0.2) is 37.3 Å². The maximum atomic E-state index is 11.2. The van der Waals surface area contributed by atoms with E-state index in [2.05, 4.69) is 5.32 Å². The fourth-order valence-corrected chi connectivity index (χ4v) is 2.23. The van der Waals surface area contributed by atoms with Gasteiger partial charge in [-0.1, -0.05) is 0 Å². The summed E-state index contributed by atoms with van der Waals surface area (Å²) in [7, 11) is 4.36. The number of carboxylic acids is 1. The molecule has 0 aliphatic rings. The summed E-state index contributed by atoms with van der Waals surface area (Å²) in [5.41, 5.74) is 0.0285. The minimum absolute atomic E-state index is 0.129. The molecule has 0 saturated carbocycles. The van der Waals surface area contributed by atoms with Gasteiger partial charge in [-0.05, 0) is 12.1 Å². The number of aromatic carboxylic acids is 1. The minimum Gasteiger partial charge on any atom is -0.493 e. The molecule has 0 radical (unpaired) electrons. The molecule has 9 nitrogen and oxygen atoms in total. The van der Waals surface area contributed by atoms with Gasteiger partial charge in [-0.2, -0.15) is 0 Å². The molecule has 0 heterocycles. The van der Waals surface area contributed by atoms with Crippen molar-refractivity contribution in [3.8, 4) is 17.2 Å². The highest BCUT2D eigenvalue weighted by Gasteiger charge is 2.19. The van der Waals surface area contributed by atoms with Gasteiger partial charge in [0.1, 0.15) is 5.69 Å². The molecular formula is C16H16N2O7. The molecule has 0 amide bonds. The highest BCUT2D eigenvalue weighted by Crippen LogP contribution is 2.41. The Morgan fingerprint density at radius 3 is 2.12 bits per heavy atom. The van der Waals surface area contributed by atoms with E-state index in [9.17, 15) is 14.9 Å². The highest BCUT2D eigenvalue weighted by atomic mass is 16.6. The average molecular weight is 348 g/mol. The molecule has 25 heavy (non-hydrogen) atoms. The third-order valence-electron chi connectivity index (χ3n) is 3.39. The second-order valence-electron chi connectivity index (χ2n) is 4.83. The molecule has 0 aliphatic carbocycles. The number of benzene rings is 2. The lowest BCUT2D eigenvalue weighted by atomic mass is 10.1. The van der Waals surface area contributed by atoms with E-state index in [1.807, 2.05) is 0 Å². The molecule has 9 heteroatoms. The fraction of sp³-hybridized carbons (Fsp3) is 0.188. The third kappa shape index (κ3) is 3.71. The first kappa shape index (κ1) is 17.9. The van der Waals surface area contributed by atoms with Crippen LogP contribution in [0.3, 0.4) is 0 Å². The average Bonchev–Trinajstić information content (AvgIpc) is 2.60. The molecule has 0 atom stereocenters. The normalized spacial score (nSPS) is 10.0. The predicted octanol–water partition coefficient (Wildman–Crippen LogP) is 3.06. The van der Waals surface area contributed by atoms with E-state index >= 15 is 0 Å². The quantitative estimate of drug-likeness (QED) is 0.578. The molecule has 0 saturated heterocycles. The molecule has 0 spiro atoms. The summed E-state index contributed by atoms with van der Waals surface area (Å²) in [6.45, 7) is 0. The number of rotatable bonds is 7. The van der Waals surface area contributed by atoms with Gasteiger partial charge >= 0.3 is 5.97 Å². The summed E-state index contributed by atoms with van der Waals surface area (Å²) in [6.07, 6.45) is 0. The summed E-state index contributed by atoms with van der Waals surface area (Å²) in [5, 5.41) is 23.1. The molecule has 0 fully saturated rings. The second kappa shape index (κ2) is 7.39. The smallest absolute Gasteiger partial charge is 0.335 e. The summed E-state index contributed by atoms with van der Waals surface area (Å²) < 4.78 is 15.7. The Hall–Kier alpha value is -3.49. The first-order valence-electron chi connectivity index (χ1n) is 7.00. The number of carbonyl (C=O) groups is 1. The van der Waals surface area contributed by atoms with E-state index in [1.54, 1.807) is 12.1 Å². The first-order valence-corrected chi connectivity index (χ1v) is 7.00. The zero-order valence-electron chi connectivity index (χ0n) is 13.7. The summed E-state index contributed by atoms with van der Waals surface area (Å²) in [4.78, 5) is 21.6. The van der Waals surface area contributed by atoms with Gasteiger partial charge in [0.15, 0.2) is 11.5 Å². The lowest BCUT2D eigenvalue weighted by Crippen LogP contribution is -2.02. The van der Waals surface area contributed by atoms with Crippen molar-refractivity contribution in [3.05, 3.63) is 46.0 Å². The van der Waals surface area contributed by atoms with Gasteiger partial charge in [-0.3, -0.25) is 10.1 Å². The topological polar surface area (TPSA) is 120 Å². The Bertz CT molecular complexity index is 795. The van der Waals surface area contributed by atoms with E-state index in [-0.39, 0.29) is 16.9 Å². The van der Waals surface area contributed by atoms with Gasteiger partial charge in [0.05, 0.1) is 31.8 Å². The Kier molecular flexibility index (Phi) is 5.28. The van der Waals surface area contributed by atoms with Crippen molar-refractivity contribution in [1.82, 2.24) is 0 Å². The highest BCUT2D eigenvalue weighted by molar-refractivity contribution is 5.90. The van der Waals surface area contributed by atoms with E-state index in [0.717, 1.165) is 6.07 Å². The van der Waals surface area contributed by atoms with E-state index < -0.39 is 10.9 Å². The first-order chi connectivity index (χ1) is 11.9. The van der Waals surface area contributed by atoms with Crippen molar-refractivity contribution in [1.29, 1.82) is 0 Å². The number of hydrogen-bond acceptors (Lipinski definition) is 7. The fourth-order valence-electron chi connectivity index (χ4n) is 2.23. The molecule has 0 bridgehead atoms. The van der Waals surface area contributed by atoms with Crippen molar-refractivity contribution in [2.45, 2.75) is 0 Å². The van der Waals surface area contributed by atoms with Crippen molar-refractivity contribution in [2.75, 3.05) is 26.6 Å². The van der Waals surface area contributed by atoms with Gasteiger partial charge in [0, 0.05) is 23.9 Å². The van der Waals surface area contributed by atoms with Crippen LogP contribution in [0, 0.1) is 10.1 Å². The Morgan fingerprint density at radius 2 is 1.68 bits per heavy atom. The number of nitro benzene ring substituents is 1. The number of nitrogens with zero attached hydrogens (tertiary/aromatic N) is 1. The number of carboxylic acid groups (broad SMARTS) is 1. The van der Waals surface area contributed by atoms with Gasteiger partial charge in [0.25, 0.3) is 5.69 Å². The van der Waals surface area contributed by atoms with Crippen LogP contribution in [0.25, 0.3) is 0 Å². The van der Waals surface area contributed by atoms with E-state index in [4.69, 9.17) is 19.3 Å². The molecule has 2 aromatic carbocycles. The maximum absolute atomic E-state index is 11.2. The Morgan fingerprint density at radius 1 is 1.08 bits per heavy atom. The third-order valence-corrected chi connectivity index (χ3v) is 3.39. The van der Waals surface area contributed by atoms with Gasteiger partial charge in [-0.25, -0.2) is 4.79 Å². The lowest BCUT2D eigenvalue weighted by molar-refractivity contribution is -0.383. The molecule has 2 aromatic rings. The van der Waals surface area contributed by atoms with Gasteiger partial charge in [0.2, 0.25) is 5.75 Å². The number of hydrogen-bond donors (Lipinski definition) is 2. The molecule has 0 aromatic heterocycles. The van der Waals surface area contributed by atoms with Crippen LogP contribution < -0.4 is 19.5 Å². The van der Waals surface area contributed by atoms with E-state index in [0.29, 0.717) is 22.9 Å². The molecule has 0 aliphatic heterocycles. The standard InChI is InChI=1S/C16H16N2O7/c1-23-13-7-10(8-14(24-2)15(13)25-3)17-11-5-4-9(16(19)20)6-12(11)18(21)22/h4-8,17H,1-3H3,(H,19,20). The zero-order chi connectivity index (χ0) is 18.6. The second-order valence-corrected chi connectivity index (χ2v) is 4.83. The minimum atomic E-state index is -1.25. The number of methoxy groups -OCH3 is 3. The van der Waals surface area contributed by atoms with Crippen molar-refractivity contribution < 1.29 is 29.0 Å². The number of nitrogens with one attached hydrogen (secondary N) is 1. The zero-order valence-corrected chi connectivity index (χ0v) is 13.7. The van der Waals surface area contributed by atoms with Crippen LogP contribution in [0.5, 0.6) is 17.2 Å². The summed E-state index contributed by atoms with van der Waals surface area (Å²) >= 11 is 0. The van der Waals surface area contributed by atoms with Crippen molar-refractivity contribution >= 4 is 23.0 Å². The predicted molar refractivity (Wildman–Crippen MR) is 89.4 cm³/mol. The van der Waals surface area contributed by atoms with Crippen molar-refractivity contribution in [3.63, 3.8) is 0 Å². The van der Waals surface area contributed by atoms with Crippen LogP contribution in [0.1, 0.15) is 10.4 Å². The Labute approximate surface area is 142 Å².